The first kappa shape index (κ1) is 19.9. The molecule has 0 aliphatic heterocycles. The van der Waals surface area contributed by atoms with Gasteiger partial charge in [-0.2, -0.15) is 0 Å². The van der Waals surface area contributed by atoms with Gasteiger partial charge in [0, 0.05) is 5.69 Å². The van der Waals surface area contributed by atoms with Gasteiger partial charge in [0.15, 0.2) is 6.61 Å². The smallest absolute Gasteiger partial charge is 0.277 e. The molecule has 0 bridgehead atoms. The van der Waals surface area contributed by atoms with Crippen LogP contribution in [-0.2, 0) is 11.4 Å². The molecule has 0 fully saturated rings. The van der Waals surface area contributed by atoms with Crippen LogP contribution in [0.25, 0.3) is 0 Å². The molecule has 6 nitrogen and oxygen atoms in total. The van der Waals surface area contributed by atoms with E-state index in [1.165, 1.54) is 11.8 Å². The van der Waals surface area contributed by atoms with Gasteiger partial charge in [0.05, 0.1) is 5.75 Å². The normalized spacial score (nSPS) is 10.7. The second-order valence-corrected chi connectivity index (χ2v) is 7.55. The van der Waals surface area contributed by atoms with E-state index in [2.05, 4.69) is 15.5 Å². The number of benzene rings is 2. The maximum Gasteiger partial charge on any atom is 0.277 e. The van der Waals surface area contributed by atoms with Crippen LogP contribution in [0.1, 0.15) is 28.1 Å². The third kappa shape index (κ3) is 5.13. The monoisotopic (exact) mass is 397 g/mol. The molecule has 3 aromatic rings. The number of carbonyl (C=O) groups excluding carboxylic acids is 1. The number of thioether (sulfide) groups is 1. The number of amides is 1. The number of nitrogens with zero attached hydrogens (tertiary/aromatic N) is 2. The highest BCUT2D eigenvalue weighted by molar-refractivity contribution is 7.99. The van der Waals surface area contributed by atoms with E-state index in [9.17, 15) is 4.79 Å². The van der Waals surface area contributed by atoms with Gasteiger partial charge in [-0.3, -0.25) is 4.79 Å². The van der Waals surface area contributed by atoms with Crippen molar-refractivity contribution in [3.05, 3.63) is 64.5 Å². The quantitative estimate of drug-likeness (QED) is 0.587. The van der Waals surface area contributed by atoms with Crippen molar-refractivity contribution in [1.82, 2.24) is 10.2 Å². The summed E-state index contributed by atoms with van der Waals surface area (Å²) in [6.45, 7) is 8.12. The minimum Gasteiger partial charge on any atom is -0.484 e. The highest BCUT2D eigenvalue weighted by Gasteiger charge is 2.12. The summed E-state index contributed by atoms with van der Waals surface area (Å²) in [6, 6.07) is 11.9. The molecule has 0 spiro atoms. The highest BCUT2D eigenvalue weighted by atomic mass is 32.2. The van der Waals surface area contributed by atoms with E-state index in [0.717, 1.165) is 33.7 Å². The Morgan fingerprint density at radius 2 is 1.82 bits per heavy atom. The van der Waals surface area contributed by atoms with Crippen molar-refractivity contribution in [1.29, 1.82) is 0 Å². The molecule has 0 aliphatic carbocycles. The Bertz CT molecular complexity index is 965. The molecule has 0 unspecified atom stereocenters. The summed E-state index contributed by atoms with van der Waals surface area (Å²) >= 11 is 1.20. The van der Waals surface area contributed by atoms with Gasteiger partial charge in [-0.25, -0.2) is 0 Å². The average Bonchev–Trinajstić information content (AvgIpc) is 3.12. The van der Waals surface area contributed by atoms with Crippen LogP contribution < -0.4 is 10.1 Å². The van der Waals surface area contributed by atoms with Gasteiger partial charge in [-0.15, -0.1) is 10.2 Å². The Morgan fingerprint density at radius 1 is 1.07 bits per heavy atom. The topological polar surface area (TPSA) is 77.2 Å². The average molecular weight is 398 g/mol. The number of carbonyl (C=O) groups is 1. The van der Waals surface area contributed by atoms with E-state index in [-0.39, 0.29) is 18.3 Å². The second-order valence-electron chi connectivity index (χ2n) is 6.62. The van der Waals surface area contributed by atoms with E-state index in [1.807, 2.05) is 64.1 Å². The molecule has 0 atom stereocenters. The van der Waals surface area contributed by atoms with Crippen molar-refractivity contribution >= 4 is 23.4 Å². The zero-order valence-electron chi connectivity index (χ0n) is 16.4. The lowest BCUT2D eigenvalue weighted by molar-refractivity contribution is -0.113. The summed E-state index contributed by atoms with van der Waals surface area (Å²) in [4.78, 5) is 12.2. The molecular weight excluding hydrogens is 374 g/mol. The number of hydrogen-bond acceptors (Lipinski definition) is 6. The fourth-order valence-electron chi connectivity index (χ4n) is 2.67. The van der Waals surface area contributed by atoms with Gasteiger partial charge >= 0.3 is 0 Å². The van der Waals surface area contributed by atoms with Crippen molar-refractivity contribution < 1.29 is 13.9 Å². The molecular formula is C21H23N3O3S. The van der Waals surface area contributed by atoms with Crippen LogP contribution in [0.3, 0.4) is 0 Å². The van der Waals surface area contributed by atoms with Gasteiger partial charge in [0.2, 0.25) is 5.91 Å². The van der Waals surface area contributed by atoms with E-state index in [0.29, 0.717) is 11.1 Å². The Hall–Kier alpha value is -2.80. The molecule has 3 rings (SSSR count). The van der Waals surface area contributed by atoms with Crippen LogP contribution >= 0.6 is 11.8 Å². The number of rotatable bonds is 7. The van der Waals surface area contributed by atoms with Crippen molar-refractivity contribution in [3.8, 4) is 5.75 Å². The first-order valence-electron chi connectivity index (χ1n) is 8.93. The molecule has 1 heterocycles. The second kappa shape index (κ2) is 8.93. The maximum absolute atomic E-state index is 12.2. The third-order valence-corrected chi connectivity index (χ3v) is 5.03. The maximum atomic E-state index is 12.2. The SMILES string of the molecule is Cc1ccc(C)c(OCc2nnc(SCC(=O)Nc3c(C)cccc3C)o2)c1. The van der Waals surface area contributed by atoms with Crippen molar-refractivity contribution in [3.63, 3.8) is 0 Å². The number of hydrogen-bond donors (Lipinski definition) is 1. The number of aromatic nitrogens is 2. The fourth-order valence-corrected chi connectivity index (χ4v) is 3.25. The van der Waals surface area contributed by atoms with Crippen LogP contribution in [0.2, 0.25) is 0 Å². The number of para-hydroxylation sites is 1. The van der Waals surface area contributed by atoms with E-state index >= 15 is 0 Å². The molecule has 1 amide bonds. The summed E-state index contributed by atoms with van der Waals surface area (Å²) in [7, 11) is 0. The molecule has 0 aliphatic rings. The van der Waals surface area contributed by atoms with E-state index in [4.69, 9.17) is 9.15 Å². The summed E-state index contributed by atoms with van der Waals surface area (Å²) < 4.78 is 11.3. The highest BCUT2D eigenvalue weighted by Crippen LogP contribution is 2.23. The summed E-state index contributed by atoms with van der Waals surface area (Å²) in [6.07, 6.45) is 0. The van der Waals surface area contributed by atoms with Crippen LogP contribution in [0, 0.1) is 27.7 Å². The third-order valence-electron chi connectivity index (χ3n) is 4.22. The molecule has 2 aromatic carbocycles. The lowest BCUT2D eigenvalue weighted by Gasteiger charge is -2.10. The Balaban J connectivity index is 1.52. The molecule has 7 heteroatoms. The van der Waals surface area contributed by atoms with Crippen molar-refractivity contribution in [2.75, 3.05) is 11.1 Å². The standard InChI is InChI=1S/C21H23N3O3S/c1-13-8-9-14(2)17(10-13)26-11-19-23-24-21(27-19)28-12-18(25)22-20-15(3)6-5-7-16(20)4/h5-10H,11-12H2,1-4H3,(H,22,25). The van der Waals surface area contributed by atoms with Gasteiger partial charge in [-0.1, -0.05) is 42.1 Å². The van der Waals surface area contributed by atoms with E-state index < -0.39 is 0 Å². The first-order valence-corrected chi connectivity index (χ1v) is 9.92. The molecule has 0 radical (unpaired) electrons. The Morgan fingerprint density at radius 3 is 2.57 bits per heavy atom. The fraction of sp³-hybridized carbons (Fsp3) is 0.286. The van der Waals surface area contributed by atoms with Crippen LogP contribution in [0.15, 0.2) is 46.0 Å². The number of nitrogens with one attached hydrogen (secondary N) is 1. The number of ether oxygens (including phenoxy) is 1. The summed E-state index contributed by atoms with van der Waals surface area (Å²) in [5, 5.41) is 11.2. The van der Waals surface area contributed by atoms with Gasteiger partial charge in [-0.05, 0) is 56.0 Å². The van der Waals surface area contributed by atoms with Gasteiger partial charge in [0.1, 0.15) is 5.75 Å². The minimum absolute atomic E-state index is 0.117. The summed E-state index contributed by atoms with van der Waals surface area (Å²) in [5.41, 5.74) is 5.07. The van der Waals surface area contributed by atoms with E-state index in [1.54, 1.807) is 0 Å². The molecule has 1 N–H and O–H groups in total. The van der Waals surface area contributed by atoms with Crippen LogP contribution in [0.4, 0.5) is 5.69 Å². The summed E-state index contributed by atoms with van der Waals surface area (Å²) in [5.74, 6) is 1.24. The lowest BCUT2D eigenvalue weighted by atomic mass is 10.1. The zero-order chi connectivity index (χ0) is 20.1. The largest absolute Gasteiger partial charge is 0.484 e. The molecule has 146 valence electrons. The molecule has 1 aromatic heterocycles. The zero-order valence-corrected chi connectivity index (χ0v) is 17.2. The lowest BCUT2D eigenvalue weighted by Crippen LogP contribution is -2.15. The Labute approximate surface area is 168 Å². The van der Waals surface area contributed by atoms with Crippen LogP contribution in [-0.4, -0.2) is 21.9 Å². The van der Waals surface area contributed by atoms with Crippen LogP contribution in [0.5, 0.6) is 5.75 Å². The predicted octanol–water partition coefficient (Wildman–Crippen LogP) is 4.61. The Kier molecular flexibility index (Phi) is 6.36. The number of anilines is 1. The predicted molar refractivity (Wildman–Crippen MR) is 110 cm³/mol. The number of aryl methyl sites for hydroxylation is 4. The van der Waals surface area contributed by atoms with Crippen molar-refractivity contribution in [2.45, 2.75) is 39.5 Å². The molecule has 0 saturated heterocycles. The molecule has 28 heavy (non-hydrogen) atoms. The van der Waals surface area contributed by atoms with Gasteiger partial charge in [0.25, 0.3) is 11.1 Å². The minimum atomic E-state index is -0.117. The van der Waals surface area contributed by atoms with Gasteiger partial charge < -0.3 is 14.5 Å². The molecule has 0 saturated carbocycles. The first-order chi connectivity index (χ1) is 13.4. The van der Waals surface area contributed by atoms with Crippen molar-refractivity contribution in [2.24, 2.45) is 0 Å².